The predicted molar refractivity (Wildman–Crippen MR) is 66.0 cm³/mol. The quantitative estimate of drug-likeness (QED) is 0.876. The molecule has 0 aliphatic carbocycles. The number of aromatic nitrogens is 1. The van der Waals surface area contributed by atoms with Crippen molar-refractivity contribution in [3.05, 3.63) is 45.7 Å². The van der Waals surface area contributed by atoms with E-state index >= 15 is 0 Å². The molecule has 2 aromatic rings. The molecule has 4 heteroatoms. The predicted octanol–water partition coefficient (Wildman–Crippen LogP) is 1.82. The largest absolute Gasteiger partial charge is 0.380 e. The van der Waals surface area contributed by atoms with Crippen molar-refractivity contribution in [2.24, 2.45) is 0 Å². The number of benzene rings is 1. The number of H-pyrrole nitrogens is 1. The zero-order valence-electron chi connectivity index (χ0n) is 9.95. The van der Waals surface area contributed by atoms with Gasteiger partial charge in [-0.25, -0.2) is 0 Å². The lowest BCUT2D eigenvalue weighted by Crippen LogP contribution is -2.07. The minimum atomic E-state index is 0.00348. The van der Waals surface area contributed by atoms with E-state index in [0.717, 1.165) is 16.8 Å². The van der Waals surface area contributed by atoms with Gasteiger partial charge < -0.3 is 14.5 Å². The van der Waals surface area contributed by atoms with Crippen molar-refractivity contribution in [3.8, 4) is 0 Å². The highest BCUT2D eigenvalue weighted by atomic mass is 16.5. The molecule has 0 spiro atoms. The standard InChI is InChI=1S/C13H15NO3/c1-16-7-9-4-3-5-11-12(15)6-10(8-17-2)14-13(9)11/h3-6H,7-8H2,1-2H3,(H,14,15). The summed E-state index contributed by atoms with van der Waals surface area (Å²) < 4.78 is 10.2. The molecule has 0 aliphatic rings. The zero-order chi connectivity index (χ0) is 12.3. The van der Waals surface area contributed by atoms with Crippen molar-refractivity contribution in [1.29, 1.82) is 0 Å². The van der Waals surface area contributed by atoms with Crippen LogP contribution in [0.4, 0.5) is 0 Å². The molecule has 1 heterocycles. The molecule has 1 aromatic carbocycles. The summed E-state index contributed by atoms with van der Waals surface area (Å²) in [6, 6.07) is 7.19. The van der Waals surface area contributed by atoms with Crippen molar-refractivity contribution >= 4 is 10.9 Å². The van der Waals surface area contributed by atoms with Gasteiger partial charge in [0.2, 0.25) is 0 Å². The van der Waals surface area contributed by atoms with Crippen molar-refractivity contribution in [2.75, 3.05) is 14.2 Å². The van der Waals surface area contributed by atoms with E-state index in [1.807, 2.05) is 18.2 Å². The molecule has 0 amide bonds. The molecule has 0 saturated carbocycles. The number of methoxy groups -OCH3 is 2. The van der Waals surface area contributed by atoms with Crippen LogP contribution < -0.4 is 5.43 Å². The lowest BCUT2D eigenvalue weighted by atomic mass is 10.1. The average Bonchev–Trinajstić information content (AvgIpc) is 2.31. The highest BCUT2D eigenvalue weighted by Crippen LogP contribution is 2.15. The molecule has 0 unspecified atom stereocenters. The third-order valence-corrected chi connectivity index (χ3v) is 2.61. The van der Waals surface area contributed by atoms with Crippen molar-refractivity contribution < 1.29 is 9.47 Å². The van der Waals surface area contributed by atoms with E-state index in [4.69, 9.17) is 9.47 Å². The van der Waals surface area contributed by atoms with Gasteiger partial charge in [0.05, 0.1) is 18.7 Å². The molecule has 0 aliphatic heterocycles. The molecular weight excluding hydrogens is 218 g/mol. The maximum absolute atomic E-state index is 11.9. The Kier molecular flexibility index (Phi) is 3.56. The number of rotatable bonds is 4. The first kappa shape index (κ1) is 11.8. The molecule has 0 radical (unpaired) electrons. The van der Waals surface area contributed by atoms with Crippen LogP contribution in [0.2, 0.25) is 0 Å². The summed E-state index contributed by atoms with van der Waals surface area (Å²) in [4.78, 5) is 15.1. The van der Waals surface area contributed by atoms with E-state index in [2.05, 4.69) is 4.98 Å². The van der Waals surface area contributed by atoms with Crippen LogP contribution in [0.25, 0.3) is 10.9 Å². The summed E-state index contributed by atoms with van der Waals surface area (Å²) in [5, 5.41) is 0.680. The topological polar surface area (TPSA) is 51.3 Å². The Morgan fingerprint density at radius 2 is 1.94 bits per heavy atom. The molecule has 1 aromatic heterocycles. The van der Waals surface area contributed by atoms with Gasteiger partial charge in [0.1, 0.15) is 0 Å². The zero-order valence-corrected chi connectivity index (χ0v) is 9.95. The van der Waals surface area contributed by atoms with E-state index in [1.165, 1.54) is 0 Å². The minimum absolute atomic E-state index is 0.00348. The second-order valence-corrected chi connectivity index (χ2v) is 3.86. The van der Waals surface area contributed by atoms with Crippen LogP contribution in [0, 0.1) is 0 Å². The van der Waals surface area contributed by atoms with Gasteiger partial charge in [-0.2, -0.15) is 0 Å². The molecule has 1 N–H and O–H groups in total. The second kappa shape index (κ2) is 5.12. The highest BCUT2D eigenvalue weighted by Gasteiger charge is 2.06. The van der Waals surface area contributed by atoms with Crippen LogP contribution in [0.1, 0.15) is 11.3 Å². The third-order valence-electron chi connectivity index (χ3n) is 2.61. The maximum atomic E-state index is 11.9. The van der Waals surface area contributed by atoms with Crippen LogP contribution in [0.15, 0.2) is 29.1 Å². The number of aromatic amines is 1. The summed E-state index contributed by atoms with van der Waals surface area (Å²) in [7, 11) is 3.24. The first-order valence-electron chi connectivity index (χ1n) is 5.38. The van der Waals surface area contributed by atoms with Crippen LogP contribution in [-0.4, -0.2) is 19.2 Å². The van der Waals surface area contributed by atoms with Gasteiger partial charge in [0.25, 0.3) is 0 Å². The molecule has 0 bridgehead atoms. The molecular formula is C13H15NO3. The fraction of sp³-hybridized carbons (Fsp3) is 0.308. The summed E-state index contributed by atoms with van der Waals surface area (Å²) in [5.41, 5.74) is 2.58. The number of nitrogens with one attached hydrogen (secondary N) is 1. The molecule has 17 heavy (non-hydrogen) atoms. The molecule has 2 rings (SSSR count). The van der Waals surface area contributed by atoms with Crippen molar-refractivity contribution in [1.82, 2.24) is 4.98 Å². The Morgan fingerprint density at radius 3 is 2.65 bits per heavy atom. The molecule has 0 saturated heterocycles. The first-order valence-corrected chi connectivity index (χ1v) is 5.38. The summed E-state index contributed by atoms with van der Waals surface area (Å²) in [5.74, 6) is 0. The first-order chi connectivity index (χ1) is 8.26. The maximum Gasteiger partial charge on any atom is 0.189 e. The van der Waals surface area contributed by atoms with Crippen molar-refractivity contribution in [3.63, 3.8) is 0 Å². The van der Waals surface area contributed by atoms with E-state index in [0.29, 0.717) is 18.6 Å². The number of hydrogen-bond acceptors (Lipinski definition) is 3. The Balaban J connectivity index is 2.65. The Labute approximate surface area is 99.2 Å². The molecule has 4 nitrogen and oxygen atoms in total. The number of pyridine rings is 1. The number of ether oxygens (including phenoxy) is 2. The molecule has 90 valence electrons. The molecule has 0 fully saturated rings. The molecule has 0 atom stereocenters. The summed E-state index contributed by atoms with van der Waals surface area (Å²) in [6.45, 7) is 0.871. The second-order valence-electron chi connectivity index (χ2n) is 3.86. The minimum Gasteiger partial charge on any atom is -0.380 e. The van der Waals surface area contributed by atoms with Crippen LogP contribution in [0.5, 0.6) is 0 Å². The number of hydrogen-bond donors (Lipinski definition) is 1. The van der Waals surface area contributed by atoms with Gasteiger partial charge in [-0.05, 0) is 6.07 Å². The fourth-order valence-electron chi connectivity index (χ4n) is 1.89. The van der Waals surface area contributed by atoms with Crippen molar-refractivity contribution in [2.45, 2.75) is 13.2 Å². The number of fused-ring (bicyclic) bond motifs is 1. The summed E-state index contributed by atoms with van der Waals surface area (Å²) >= 11 is 0. The summed E-state index contributed by atoms with van der Waals surface area (Å²) in [6.07, 6.45) is 0. The van der Waals surface area contributed by atoms with E-state index in [1.54, 1.807) is 20.3 Å². The normalized spacial score (nSPS) is 10.9. The SMILES string of the molecule is COCc1cc(=O)c2cccc(COC)c2[nH]1. The monoisotopic (exact) mass is 233 g/mol. The van der Waals surface area contributed by atoms with Gasteiger partial charge in [-0.1, -0.05) is 12.1 Å². The lowest BCUT2D eigenvalue weighted by molar-refractivity contribution is 0.181. The highest BCUT2D eigenvalue weighted by molar-refractivity contribution is 5.81. The smallest absolute Gasteiger partial charge is 0.189 e. The van der Waals surface area contributed by atoms with Gasteiger partial charge in [0.15, 0.2) is 5.43 Å². The van der Waals surface area contributed by atoms with Crippen LogP contribution >= 0.6 is 0 Å². The van der Waals surface area contributed by atoms with Gasteiger partial charge in [0, 0.05) is 36.9 Å². The number of para-hydroxylation sites is 1. The van der Waals surface area contributed by atoms with E-state index in [-0.39, 0.29) is 5.43 Å². The van der Waals surface area contributed by atoms with Gasteiger partial charge >= 0.3 is 0 Å². The average molecular weight is 233 g/mol. The lowest BCUT2D eigenvalue weighted by Gasteiger charge is -2.07. The Hall–Kier alpha value is -1.65. The van der Waals surface area contributed by atoms with E-state index < -0.39 is 0 Å². The van der Waals surface area contributed by atoms with Gasteiger partial charge in [-0.15, -0.1) is 0 Å². The Morgan fingerprint density at radius 1 is 1.18 bits per heavy atom. The van der Waals surface area contributed by atoms with Crippen LogP contribution in [0.3, 0.4) is 0 Å². The van der Waals surface area contributed by atoms with E-state index in [9.17, 15) is 4.79 Å². The van der Waals surface area contributed by atoms with Gasteiger partial charge in [-0.3, -0.25) is 4.79 Å². The van der Waals surface area contributed by atoms with Crippen LogP contribution in [-0.2, 0) is 22.7 Å². The Bertz CT molecular complexity index is 574. The third kappa shape index (κ3) is 2.38. The fourth-order valence-corrected chi connectivity index (χ4v) is 1.89.